The molecule has 17 heavy (non-hydrogen) atoms. The molecule has 0 N–H and O–H groups in total. The summed E-state index contributed by atoms with van der Waals surface area (Å²) in [6, 6.07) is 6.47. The third-order valence-corrected chi connectivity index (χ3v) is 3.78. The van der Waals surface area contributed by atoms with Crippen molar-refractivity contribution in [3.8, 4) is 0 Å². The van der Waals surface area contributed by atoms with Crippen LogP contribution < -0.4 is 0 Å². The molecule has 1 aromatic carbocycles. The fourth-order valence-electron chi connectivity index (χ4n) is 1.76. The summed E-state index contributed by atoms with van der Waals surface area (Å²) in [6.07, 6.45) is 0. The first-order chi connectivity index (χ1) is 8.16. The van der Waals surface area contributed by atoms with Crippen LogP contribution in [0, 0.1) is 10.1 Å². The van der Waals surface area contributed by atoms with Gasteiger partial charge in [-0.15, -0.1) is 11.3 Å². The van der Waals surface area contributed by atoms with Crippen molar-refractivity contribution in [1.29, 1.82) is 0 Å². The zero-order chi connectivity index (χ0) is 12.0. The Morgan fingerprint density at radius 2 is 2.12 bits per heavy atom. The number of nitrogens with zero attached hydrogens (tertiary/aromatic N) is 2. The van der Waals surface area contributed by atoms with Crippen molar-refractivity contribution in [2.75, 3.05) is 0 Å². The van der Waals surface area contributed by atoms with Crippen molar-refractivity contribution < 1.29 is 4.92 Å². The second-order valence-electron chi connectivity index (χ2n) is 3.52. The van der Waals surface area contributed by atoms with Gasteiger partial charge in [-0.25, -0.2) is 4.98 Å². The summed E-state index contributed by atoms with van der Waals surface area (Å²) in [5, 5.41) is 14.7. The van der Waals surface area contributed by atoms with E-state index in [1.165, 1.54) is 23.5 Å². The minimum Gasteiger partial charge on any atom is -0.258 e. The van der Waals surface area contributed by atoms with Crippen LogP contribution >= 0.6 is 22.9 Å². The van der Waals surface area contributed by atoms with Crippen LogP contribution in [0.5, 0.6) is 0 Å². The Bertz CT molecular complexity index is 754. The lowest BCUT2D eigenvalue weighted by Crippen LogP contribution is -1.88. The molecule has 6 heteroatoms. The summed E-state index contributed by atoms with van der Waals surface area (Å²) in [6.45, 7) is 0. The monoisotopic (exact) mass is 264 g/mol. The Morgan fingerprint density at radius 3 is 2.88 bits per heavy atom. The van der Waals surface area contributed by atoms with Gasteiger partial charge in [0, 0.05) is 27.6 Å². The van der Waals surface area contributed by atoms with Crippen molar-refractivity contribution in [3.63, 3.8) is 0 Å². The normalized spacial score (nSPS) is 11.1. The zero-order valence-electron chi connectivity index (χ0n) is 8.38. The first kappa shape index (κ1) is 10.4. The molecule has 0 radical (unpaired) electrons. The first-order valence-electron chi connectivity index (χ1n) is 4.77. The molecule has 0 aliphatic heterocycles. The third kappa shape index (κ3) is 1.55. The Labute approximate surface area is 105 Å². The van der Waals surface area contributed by atoms with E-state index in [1.54, 1.807) is 6.07 Å². The maximum atomic E-state index is 10.7. The summed E-state index contributed by atoms with van der Waals surface area (Å²) < 4.78 is 0.934. The van der Waals surface area contributed by atoms with Gasteiger partial charge in [0.25, 0.3) is 5.69 Å². The van der Waals surface area contributed by atoms with Gasteiger partial charge in [0.1, 0.15) is 5.15 Å². The molecule has 0 bridgehead atoms. The van der Waals surface area contributed by atoms with E-state index in [0.29, 0.717) is 10.7 Å². The van der Waals surface area contributed by atoms with Crippen LogP contribution in [0.1, 0.15) is 0 Å². The molecular formula is C11H5ClN2O2S. The Morgan fingerprint density at radius 1 is 1.29 bits per heavy atom. The maximum Gasteiger partial charge on any atom is 0.270 e. The van der Waals surface area contributed by atoms with Crippen molar-refractivity contribution in [3.05, 3.63) is 44.9 Å². The largest absolute Gasteiger partial charge is 0.270 e. The van der Waals surface area contributed by atoms with Crippen LogP contribution in [0.25, 0.3) is 21.0 Å². The number of pyridine rings is 1. The van der Waals surface area contributed by atoms with Crippen molar-refractivity contribution in [2.45, 2.75) is 0 Å². The molecule has 4 nitrogen and oxygen atoms in total. The summed E-state index contributed by atoms with van der Waals surface area (Å²) >= 11 is 7.55. The van der Waals surface area contributed by atoms with E-state index in [2.05, 4.69) is 4.98 Å². The molecule has 3 aromatic rings. The van der Waals surface area contributed by atoms with Crippen LogP contribution in [-0.4, -0.2) is 9.91 Å². The van der Waals surface area contributed by atoms with E-state index < -0.39 is 4.92 Å². The van der Waals surface area contributed by atoms with Crippen LogP contribution in [0.4, 0.5) is 5.69 Å². The average Bonchev–Trinajstić information content (AvgIpc) is 2.78. The van der Waals surface area contributed by atoms with Gasteiger partial charge in [-0.3, -0.25) is 10.1 Å². The number of aromatic nitrogens is 1. The molecule has 0 unspecified atom stereocenters. The SMILES string of the molecule is O=[N+]([O-])c1ccc2nc(Cl)c3ccsc3c2c1. The highest BCUT2D eigenvalue weighted by Gasteiger charge is 2.12. The Kier molecular flexibility index (Phi) is 2.24. The highest BCUT2D eigenvalue weighted by Crippen LogP contribution is 2.34. The predicted molar refractivity (Wildman–Crippen MR) is 68.8 cm³/mol. The van der Waals surface area contributed by atoms with Gasteiger partial charge >= 0.3 is 0 Å². The van der Waals surface area contributed by atoms with Crippen LogP contribution in [0.15, 0.2) is 29.6 Å². The molecule has 0 atom stereocenters. The number of fused-ring (bicyclic) bond motifs is 3. The number of benzene rings is 1. The second kappa shape index (κ2) is 3.65. The molecule has 0 aliphatic carbocycles. The number of hydrogen-bond donors (Lipinski definition) is 0. The van der Waals surface area contributed by atoms with E-state index in [9.17, 15) is 10.1 Å². The fourth-order valence-corrected chi connectivity index (χ4v) is 2.99. The van der Waals surface area contributed by atoms with Gasteiger partial charge in [0.2, 0.25) is 0 Å². The van der Waals surface area contributed by atoms with Gasteiger partial charge in [0.05, 0.1) is 10.4 Å². The van der Waals surface area contributed by atoms with E-state index in [-0.39, 0.29) is 5.69 Å². The number of halogens is 1. The van der Waals surface area contributed by atoms with Crippen LogP contribution in [0.3, 0.4) is 0 Å². The lowest BCUT2D eigenvalue weighted by Gasteiger charge is -2.00. The standard InChI is InChI=1S/C11H5ClN2O2S/c12-11-7-3-4-17-10(7)8-5-6(14(15)16)1-2-9(8)13-11/h1-5H. The lowest BCUT2D eigenvalue weighted by molar-refractivity contribution is -0.384. The summed E-state index contributed by atoms with van der Waals surface area (Å²) in [5.41, 5.74) is 0.742. The highest BCUT2D eigenvalue weighted by molar-refractivity contribution is 7.18. The average molecular weight is 265 g/mol. The van der Waals surface area contributed by atoms with Gasteiger partial charge in [-0.05, 0) is 17.5 Å². The second-order valence-corrected chi connectivity index (χ2v) is 4.80. The quantitative estimate of drug-likeness (QED) is 0.379. The molecule has 0 aliphatic rings. The van der Waals surface area contributed by atoms with Gasteiger partial charge in [-0.2, -0.15) is 0 Å². The Balaban J connectivity index is 2.48. The molecule has 0 fully saturated rings. The minimum atomic E-state index is -0.409. The number of non-ortho nitro benzene ring substituents is 1. The number of thiophene rings is 1. The van der Waals surface area contributed by atoms with Gasteiger partial charge < -0.3 is 0 Å². The van der Waals surface area contributed by atoms with Crippen molar-refractivity contribution in [2.24, 2.45) is 0 Å². The lowest BCUT2D eigenvalue weighted by atomic mass is 10.2. The molecule has 2 aromatic heterocycles. The molecule has 0 spiro atoms. The molecule has 2 heterocycles. The zero-order valence-corrected chi connectivity index (χ0v) is 9.96. The number of nitro benzene ring substituents is 1. The van der Waals surface area contributed by atoms with E-state index in [1.807, 2.05) is 11.4 Å². The van der Waals surface area contributed by atoms with Gasteiger partial charge in [-0.1, -0.05) is 11.6 Å². The minimum absolute atomic E-state index is 0.0660. The van der Waals surface area contributed by atoms with Crippen LogP contribution in [0.2, 0.25) is 5.15 Å². The third-order valence-electron chi connectivity index (χ3n) is 2.54. The first-order valence-corrected chi connectivity index (χ1v) is 6.03. The highest BCUT2D eigenvalue weighted by atomic mass is 35.5. The summed E-state index contributed by atoms with van der Waals surface area (Å²) in [4.78, 5) is 14.6. The molecule has 3 rings (SSSR count). The summed E-state index contributed by atoms with van der Waals surface area (Å²) in [5.74, 6) is 0. The maximum absolute atomic E-state index is 10.7. The van der Waals surface area contributed by atoms with Gasteiger partial charge in [0.15, 0.2) is 0 Å². The topological polar surface area (TPSA) is 56.0 Å². The molecular weight excluding hydrogens is 260 g/mol. The Hall–Kier alpha value is -1.72. The van der Waals surface area contributed by atoms with E-state index >= 15 is 0 Å². The number of rotatable bonds is 1. The fraction of sp³-hybridized carbons (Fsp3) is 0. The van der Waals surface area contributed by atoms with Crippen molar-refractivity contribution in [1.82, 2.24) is 4.98 Å². The summed E-state index contributed by atoms with van der Waals surface area (Å²) in [7, 11) is 0. The molecule has 0 saturated heterocycles. The van der Waals surface area contributed by atoms with E-state index in [4.69, 9.17) is 11.6 Å². The smallest absolute Gasteiger partial charge is 0.258 e. The molecule has 0 saturated carbocycles. The number of hydrogen-bond acceptors (Lipinski definition) is 4. The molecule has 84 valence electrons. The van der Waals surface area contributed by atoms with Crippen LogP contribution in [-0.2, 0) is 0 Å². The number of nitro groups is 1. The molecule has 0 amide bonds. The predicted octanol–water partition coefficient (Wildman–Crippen LogP) is 4.01. The van der Waals surface area contributed by atoms with Crippen molar-refractivity contribution >= 4 is 49.6 Å². The van der Waals surface area contributed by atoms with E-state index in [0.717, 1.165) is 15.5 Å².